The summed E-state index contributed by atoms with van der Waals surface area (Å²) in [4.78, 5) is 85.1. The molecule has 18 rings (SSSR count). The molecule has 3 aromatic rings. The molecule has 0 spiro atoms. The van der Waals surface area contributed by atoms with Gasteiger partial charge in [0.1, 0.15) is 0 Å². The summed E-state index contributed by atoms with van der Waals surface area (Å²) in [6.07, 6.45) is 41.0. The number of urea groups is 2. The van der Waals surface area contributed by atoms with E-state index in [9.17, 15) is 33.9 Å². The number of allylic oxidation sites excluding steroid dienone is 9. The van der Waals surface area contributed by atoms with Crippen LogP contribution in [0.1, 0.15) is 353 Å². The van der Waals surface area contributed by atoms with E-state index in [1.54, 1.807) is 12.1 Å². The van der Waals surface area contributed by atoms with Gasteiger partial charge in [0.25, 0.3) is 0 Å². The number of nitrogens with one attached hydrogen (secondary N) is 4. The van der Waals surface area contributed by atoms with Gasteiger partial charge in [-0.3, -0.25) is 0 Å². The van der Waals surface area contributed by atoms with E-state index in [1.807, 2.05) is 84.8 Å². The molecule has 18 nitrogen and oxygen atoms in total. The molecule has 0 saturated heterocycles. The zero-order chi connectivity index (χ0) is 104. The molecule has 12 fully saturated rings. The molecule has 3 aromatic carbocycles. The molecule has 0 radical (unpaired) electrons. The van der Waals surface area contributed by atoms with E-state index in [2.05, 4.69) is 228 Å². The van der Waals surface area contributed by atoms with Gasteiger partial charge < -0.3 is 56.3 Å². The maximum Gasteiger partial charge on any atom is 0.337 e. The van der Waals surface area contributed by atoms with Crippen molar-refractivity contribution >= 4 is 52.8 Å². The second-order valence-electron chi connectivity index (χ2n) is 53.8. The summed E-state index contributed by atoms with van der Waals surface area (Å²) in [5, 5.41) is 23.1. The molecule has 0 aromatic heterocycles. The summed E-state index contributed by atoms with van der Waals surface area (Å²) in [6, 6.07) is 23.7. The smallest absolute Gasteiger partial charge is 0.337 e. The molecule has 18 heteroatoms. The number of nitrogens with zero attached hydrogens (tertiary/aromatic N) is 4. The maximum absolute atomic E-state index is 13.4. The molecule has 144 heavy (non-hydrogen) atoms. The molecular formula is C126H191N9O9. The first-order valence-corrected chi connectivity index (χ1v) is 55.7. The third-order valence-electron chi connectivity index (χ3n) is 45.8. The third kappa shape index (κ3) is 18.6. The number of hydrogen-bond donors (Lipinski definition) is 6. The number of carboxylic acids is 1. The highest BCUT2D eigenvalue weighted by Gasteiger charge is 2.76. The third-order valence-corrected chi connectivity index (χ3v) is 45.8. The second-order valence-corrected chi connectivity index (χ2v) is 53.8. The highest BCUT2D eigenvalue weighted by molar-refractivity contribution is 5.91. The van der Waals surface area contributed by atoms with Crippen LogP contribution < -0.4 is 27.0 Å². The molecule has 0 heterocycles. The number of amides is 4. The zero-order valence-electron chi connectivity index (χ0n) is 93.4. The Morgan fingerprint density at radius 3 is 0.993 bits per heavy atom. The van der Waals surface area contributed by atoms with Crippen LogP contribution in [0.15, 0.2) is 132 Å². The standard InChI is InChI=1S/C42H63N3O3.C41H61N3O3.C38H51NO3.C4H12N2.CH4/c1-27(2)30-17-22-42(44-37(47)43-25-26-45(8)9)24-23-40(6)32(35(30)42)15-16-34-39(5)20-18-31(28-11-13-29(14-12-28)36(46)48-10)38(3,4)33(39)19-21-41(34,40)7;1-26(2)29-16-21-41(43-36(47)42-24-25-44(8)9)23-22-39(6)31(34(29)41)14-15-33-38(5)19-17-30(27-10-12-28(13-11-27)35(45)46)37(3,4)32(38)18-20-40(33,39)7;1-24(2)27-15-20-38(39-23-40)22-21-36(6)29(32(27)38)13-14-31-35(5)18-16-28(25-9-11-26(12-10-25)33(41)42-8)34(3,4)30(35)17-19-37(31,36)7;1-6(2)4-3-5;/h11-14,18,30,32-35H,1,15-17,19-26H2,2-10H3,(H2,43,44,47);10-13,17,29,31-34H,1,14-16,18-25H2,2-9H3,(H,45,46)(H2,42,43,47);9-12,16,27,29-32H,1,13-15,17-22H2,2-8H3;3-5H2,1-2H3;1H4/t30-,32+,33-,34+,35+,39-,40+,41+,42-;29-,31+,32-,33+,34+,38-,39+,40+,41-;27-,29+,30-,31+,32+,35-,36+,37+,38-;;/m000../s1. The van der Waals surface area contributed by atoms with Gasteiger partial charge in [-0.15, -0.1) is 0 Å². The van der Waals surface area contributed by atoms with Crippen LogP contribution in [0, 0.1) is 154 Å². The van der Waals surface area contributed by atoms with Gasteiger partial charge in [0.05, 0.1) is 36.4 Å². The quantitative estimate of drug-likeness (QED) is 0.0267. The van der Waals surface area contributed by atoms with Gasteiger partial charge in [0.15, 0.2) is 0 Å². The van der Waals surface area contributed by atoms with Crippen LogP contribution in [0.5, 0.6) is 0 Å². The Morgan fingerprint density at radius 2 is 0.701 bits per heavy atom. The van der Waals surface area contributed by atoms with Gasteiger partial charge in [0.2, 0.25) is 6.08 Å². The topological polar surface area (TPSA) is 237 Å². The summed E-state index contributed by atoms with van der Waals surface area (Å²) >= 11 is 0. The lowest BCUT2D eigenvalue weighted by atomic mass is 9.33. The normalized spacial score (nSPS) is 39.4. The molecule has 794 valence electrons. The number of isocyanates is 1. The molecule has 0 aliphatic heterocycles. The number of likely N-dealkylation sites (N-methyl/N-ethyl adjacent to an activating group) is 3. The number of carboxylic acid groups (broad SMARTS) is 1. The zero-order valence-corrected chi connectivity index (χ0v) is 93.4. The van der Waals surface area contributed by atoms with Crippen molar-refractivity contribution in [3.05, 3.63) is 161 Å². The van der Waals surface area contributed by atoms with Crippen molar-refractivity contribution in [1.82, 2.24) is 36.0 Å². The number of aromatic carboxylic acids is 1. The molecule has 0 bridgehead atoms. The van der Waals surface area contributed by atoms with E-state index in [-0.39, 0.29) is 113 Å². The van der Waals surface area contributed by atoms with Gasteiger partial charge >= 0.3 is 30.0 Å². The highest BCUT2D eigenvalue weighted by atomic mass is 16.5. The first-order valence-electron chi connectivity index (χ1n) is 55.7. The SMILES string of the molecule is C.C=C(C)[C@@H]1CC[C@]2(N=C=O)CC[C@]3(C)[C@H](CC[C@@H]4[C@@]5(C)CC=C(c6ccc(C(=O)OC)cc6)C(C)(C)[C@@H]5CC[C@]43C)[C@@H]12.C=C(C)[C@@H]1CC[C@]2(NC(=O)NCCN(C)C)CC[C@]3(C)[C@H](CC[C@@H]4[C@@]5(C)CC=C(c6ccc(C(=O)O)cc6)C(C)(C)[C@@H]5CC[C@]43C)[C@@H]12.C=C(C)[C@@H]1CC[C@]2(NC(=O)NCCN(C)C)CC[C@]3(C)[C@H](CC[C@@H]4[C@@]5(C)CC=C(c6ccc(C(=O)OC)cc6)C(C)(C)[C@@H]5CC[C@]43C)[C@@H]12.CN(C)CCN. The van der Waals surface area contributed by atoms with Crippen LogP contribution in [0.3, 0.4) is 0 Å². The number of benzene rings is 3. The Bertz CT molecular complexity index is 5410. The Kier molecular flexibility index (Phi) is 32.0. The lowest BCUT2D eigenvalue weighted by molar-refractivity contribution is -0.218. The van der Waals surface area contributed by atoms with Gasteiger partial charge in [-0.25, -0.2) is 28.8 Å². The van der Waals surface area contributed by atoms with Gasteiger partial charge in [-0.1, -0.05) is 202 Å². The second kappa shape index (κ2) is 41.2. The number of ether oxygens (including phenoxy) is 2. The van der Waals surface area contributed by atoms with E-state index in [1.165, 1.54) is 154 Å². The number of fused-ring (bicyclic) bond motifs is 21. The Hall–Kier alpha value is -7.73. The number of carbonyl (C=O) groups is 5. The van der Waals surface area contributed by atoms with Gasteiger partial charge in [0, 0.05) is 50.3 Å². The summed E-state index contributed by atoms with van der Waals surface area (Å²) < 4.78 is 9.89. The number of methoxy groups -OCH3 is 2. The molecule has 4 amide bonds. The van der Waals surface area contributed by atoms with Gasteiger partial charge in [-0.05, 0) is 460 Å². The van der Waals surface area contributed by atoms with Crippen molar-refractivity contribution in [3.63, 3.8) is 0 Å². The first kappa shape index (κ1) is 112. The Balaban J connectivity index is 0.000000166. The average Bonchev–Trinajstić information content (AvgIpc) is 1.17. The largest absolute Gasteiger partial charge is 0.478 e. The number of nitrogens with two attached hydrogens (primary N) is 1. The lowest BCUT2D eigenvalue weighted by Crippen LogP contribution is -2.68. The lowest BCUT2D eigenvalue weighted by Gasteiger charge is -2.72. The fraction of sp³-hybridized carbons (Fsp3) is 0.714. The molecule has 15 aliphatic rings. The summed E-state index contributed by atoms with van der Waals surface area (Å²) in [5.41, 5.74) is 20.1. The molecule has 7 N–H and O–H groups in total. The minimum atomic E-state index is -0.872. The van der Waals surface area contributed by atoms with E-state index < -0.39 is 5.97 Å². The molecule has 12 saturated carbocycles. The number of carbonyl (C=O) groups excluding carboxylic acids is 5. The number of rotatable bonds is 20. The average molecular weight is 1980 g/mol. The monoisotopic (exact) mass is 1970 g/mol. The van der Waals surface area contributed by atoms with Crippen LogP contribution in [0.25, 0.3) is 16.7 Å². The molecule has 15 aliphatic carbocycles. The number of esters is 2. The first-order chi connectivity index (χ1) is 67.1. The number of aliphatic imine (C=N–C) groups is 1. The maximum atomic E-state index is 13.4. The predicted molar refractivity (Wildman–Crippen MR) is 589 cm³/mol. The van der Waals surface area contributed by atoms with Crippen LogP contribution in [0.2, 0.25) is 0 Å². The van der Waals surface area contributed by atoms with Crippen molar-refractivity contribution in [2.24, 2.45) is 164 Å². The van der Waals surface area contributed by atoms with E-state index >= 15 is 0 Å². The van der Waals surface area contributed by atoms with E-state index in [0.717, 1.165) is 110 Å². The number of hydrogen-bond acceptors (Lipinski definition) is 13. The van der Waals surface area contributed by atoms with Crippen LogP contribution in [-0.2, 0) is 14.3 Å². The molecule has 0 unspecified atom stereocenters. The van der Waals surface area contributed by atoms with Crippen molar-refractivity contribution in [2.75, 3.05) is 95.8 Å². The predicted octanol–water partition coefficient (Wildman–Crippen LogP) is 26.7. The van der Waals surface area contributed by atoms with Crippen LogP contribution in [-0.4, -0.2) is 168 Å². The fourth-order valence-electron chi connectivity index (χ4n) is 38.6. The summed E-state index contributed by atoms with van der Waals surface area (Å²) in [7, 11) is 15.1. The minimum absolute atomic E-state index is 0. The molecule has 27 atom stereocenters. The summed E-state index contributed by atoms with van der Waals surface area (Å²) in [6.45, 7) is 63.5. The van der Waals surface area contributed by atoms with Crippen molar-refractivity contribution < 1.29 is 43.3 Å². The highest BCUT2D eigenvalue weighted by Crippen LogP contribution is 2.82. The fourth-order valence-corrected chi connectivity index (χ4v) is 38.6. The van der Waals surface area contributed by atoms with E-state index in [4.69, 9.17) is 15.2 Å². The van der Waals surface area contributed by atoms with Crippen molar-refractivity contribution in [3.8, 4) is 0 Å². The van der Waals surface area contributed by atoms with Crippen LogP contribution >= 0.6 is 0 Å². The van der Waals surface area contributed by atoms with Crippen molar-refractivity contribution in [2.45, 2.75) is 322 Å². The van der Waals surface area contributed by atoms with E-state index in [0.29, 0.717) is 119 Å². The van der Waals surface area contributed by atoms with Crippen molar-refractivity contribution in [1.29, 1.82) is 0 Å². The minimum Gasteiger partial charge on any atom is -0.478 e. The van der Waals surface area contributed by atoms with Gasteiger partial charge in [-0.2, -0.15) is 4.99 Å². The Labute approximate surface area is 869 Å². The van der Waals surface area contributed by atoms with Crippen LogP contribution in [0.4, 0.5) is 9.59 Å². The molecular weight excluding hydrogens is 1780 g/mol. The Morgan fingerprint density at radius 1 is 0.396 bits per heavy atom. The summed E-state index contributed by atoms with van der Waals surface area (Å²) in [5.74, 6) is 6.68.